The lowest BCUT2D eigenvalue weighted by molar-refractivity contribution is 0.102. The molecule has 2 aromatic heterocycles. The van der Waals surface area contributed by atoms with Crippen LogP contribution in [-0.4, -0.2) is 43.1 Å². The number of anilines is 3. The van der Waals surface area contributed by atoms with Crippen LogP contribution in [0.3, 0.4) is 0 Å². The first kappa shape index (κ1) is 18.4. The van der Waals surface area contributed by atoms with Crippen LogP contribution < -0.4 is 15.1 Å². The number of thiophene rings is 1. The van der Waals surface area contributed by atoms with Crippen molar-refractivity contribution >= 4 is 34.7 Å². The van der Waals surface area contributed by atoms with Gasteiger partial charge in [0.05, 0.1) is 6.20 Å². The standard InChI is InChI=1S/C21H23N5OS/c1-25(2)19-17(14-22-21(24-19)26-11-3-4-12-26)23-20(27)16-9-7-15(8-10-16)18-6-5-13-28-18/h5-10,13-14H,3-4,11-12H2,1-2H3,(H,23,27). The lowest BCUT2D eigenvalue weighted by Gasteiger charge is -2.21. The fraction of sp³-hybridized carbons (Fsp3) is 0.286. The topological polar surface area (TPSA) is 61.4 Å². The van der Waals surface area contributed by atoms with E-state index in [9.17, 15) is 4.79 Å². The van der Waals surface area contributed by atoms with Crippen LogP contribution in [0.5, 0.6) is 0 Å². The molecule has 6 nitrogen and oxygen atoms in total. The van der Waals surface area contributed by atoms with Crippen LogP contribution in [0, 0.1) is 0 Å². The highest BCUT2D eigenvalue weighted by Crippen LogP contribution is 2.27. The highest BCUT2D eigenvalue weighted by atomic mass is 32.1. The van der Waals surface area contributed by atoms with Crippen molar-refractivity contribution in [2.45, 2.75) is 12.8 Å². The molecule has 0 spiro atoms. The van der Waals surface area contributed by atoms with Gasteiger partial charge in [0.1, 0.15) is 5.69 Å². The fourth-order valence-corrected chi connectivity index (χ4v) is 4.02. The van der Waals surface area contributed by atoms with Crippen LogP contribution in [0.15, 0.2) is 48.0 Å². The Hall–Kier alpha value is -2.93. The van der Waals surface area contributed by atoms with Gasteiger partial charge in [0.25, 0.3) is 5.91 Å². The maximum atomic E-state index is 12.7. The molecule has 3 heterocycles. The van der Waals surface area contributed by atoms with Crippen molar-refractivity contribution < 1.29 is 4.79 Å². The van der Waals surface area contributed by atoms with Crippen molar-refractivity contribution in [3.63, 3.8) is 0 Å². The van der Waals surface area contributed by atoms with E-state index in [2.05, 4.69) is 26.3 Å². The maximum absolute atomic E-state index is 12.7. The molecule has 0 saturated carbocycles. The second-order valence-electron chi connectivity index (χ2n) is 7.00. The average Bonchev–Trinajstić information content (AvgIpc) is 3.42. The van der Waals surface area contributed by atoms with E-state index in [1.165, 1.54) is 17.7 Å². The van der Waals surface area contributed by atoms with Gasteiger partial charge >= 0.3 is 0 Å². The Morgan fingerprint density at radius 3 is 2.54 bits per heavy atom. The first-order valence-corrected chi connectivity index (χ1v) is 10.2. The molecule has 0 aliphatic carbocycles. The smallest absolute Gasteiger partial charge is 0.255 e. The molecular formula is C21H23N5OS. The minimum atomic E-state index is -0.168. The number of benzene rings is 1. The van der Waals surface area contributed by atoms with Crippen molar-refractivity contribution in [1.82, 2.24) is 9.97 Å². The Kier molecular flexibility index (Phi) is 5.25. The Morgan fingerprint density at radius 2 is 1.89 bits per heavy atom. The molecule has 4 rings (SSSR count). The van der Waals surface area contributed by atoms with Crippen molar-refractivity contribution in [3.8, 4) is 10.4 Å². The Bertz CT molecular complexity index is 947. The second-order valence-corrected chi connectivity index (χ2v) is 7.95. The Labute approximate surface area is 168 Å². The van der Waals surface area contributed by atoms with Gasteiger partial charge < -0.3 is 15.1 Å². The summed E-state index contributed by atoms with van der Waals surface area (Å²) in [6.45, 7) is 1.96. The molecule has 0 unspecified atom stereocenters. The lowest BCUT2D eigenvalue weighted by atomic mass is 10.1. The zero-order chi connectivity index (χ0) is 19.5. The monoisotopic (exact) mass is 393 g/mol. The summed E-state index contributed by atoms with van der Waals surface area (Å²) >= 11 is 1.68. The summed E-state index contributed by atoms with van der Waals surface area (Å²) in [5.41, 5.74) is 2.33. The minimum Gasteiger partial charge on any atom is -0.361 e. The third kappa shape index (κ3) is 3.84. The number of nitrogens with zero attached hydrogens (tertiary/aromatic N) is 4. The third-order valence-corrected chi connectivity index (χ3v) is 5.69. The van der Waals surface area contributed by atoms with Gasteiger partial charge in [0, 0.05) is 37.6 Å². The first-order valence-electron chi connectivity index (χ1n) is 9.36. The van der Waals surface area contributed by atoms with E-state index in [0.29, 0.717) is 17.1 Å². The number of hydrogen-bond donors (Lipinski definition) is 1. The molecule has 1 N–H and O–H groups in total. The first-order chi connectivity index (χ1) is 13.6. The minimum absolute atomic E-state index is 0.168. The van der Waals surface area contributed by atoms with Crippen LogP contribution in [0.25, 0.3) is 10.4 Å². The number of carbonyl (C=O) groups excluding carboxylic acids is 1. The van der Waals surface area contributed by atoms with Crippen molar-refractivity contribution in [2.24, 2.45) is 0 Å². The summed E-state index contributed by atoms with van der Waals surface area (Å²) in [5, 5.41) is 5.00. The molecule has 1 amide bonds. The van der Waals surface area contributed by atoms with E-state index < -0.39 is 0 Å². The van der Waals surface area contributed by atoms with Crippen LogP contribution in [0.2, 0.25) is 0 Å². The van der Waals surface area contributed by atoms with E-state index in [-0.39, 0.29) is 5.91 Å². The molecule has 3 aromatic rings. The van der Waals surface area contributed by atoms with Crippen molar-refractivity contribution in [3.05, 3.63) is 53.5 Å². The molecule has 7 heteroatoms. The number of carbonyl (C=O) groups is 1. The van der Waals surface area contributed by atoms with E-state index in [1.807, 2.05) is 54.7 Å². The molecule has 0 bridgehead atoms. The molecule has 1 aliphatic heterocycles. The van der Waals surface area contributed by atoms with Gasteiger partial charge in [-0.15, -0.1) is 11.3 Å². The van der Waals surface area contributed by atoms with Gasteiger partial charge in [-0.25, -0.2) is 4.98 Å². The maximum Gasteiger partial charge on any atom is 0.255 e. The highest BCUT2D eigenvalue weighted by molar-refractivity contribution is 7.13. The SMILES string of the molecule is CN(C)c1nc(N2CCCC2)ncc1NC(=O)c1ccc(-c2cccs2)cc1. The molecule has 1 aromatic carbocycles. The van der Waals surface area contributed by atoms with E-state index in [1.54, 1.807) is 17.5 Å². The molecular weight excluding hydrogens is 370 g/mol. The molecule has 1 fully saturated rings. The normalized spacial score (nSPS) is 13.6. The van der Waals surface area contributed by atoms with Gasteiger partial charge in [-0.05, 0) is 42.0 Å². The van der Waals surface area contributed by atoms with Crippen LogP contribution in [0.1, 0.15) is 23.2 Å². The summed E-state index contributed by atoms with van der Waals surface area (Å²) < 4.78 is 0. The number of hydrogen-bond acceptors (Lipinski definition) is 6. The molecule has 0 atom stereocenters. The van der Waals surface area contributed by atoms with Crippen LogP contribution in [-0.2, 0) is 0 Å². The summed E-state index contributed by atoms with van der Waals surface area (Å²) in [6.07, 6.45) is 4.04. The third-order valence-electron chi connectivity index (χ3n) is 4.77. The molecule has 1 saturated heterocycles. The zero-order valence-corrected chi connectivity index (χ0v) is 16.9. The predicted molar refractivity (Wildman–Crippen MR) is 116 cm³/mol. The summed E-state index contributed by atoms with van der Waals surface area (Å²) in [7, 11) is 3.84. The Morgan fingerprint density at radius 1 is 1.14 bits per heavy atom. The van der Waals surface area contributed by atoms with E-state index in [4.69, 9.17) is 0 Å². The number of rotatable bonds is 5. The average molecular weight is 394 g/mol. The van der Waals surface area contributed by atoms with E-state index >= 15 is 0 Å². The van der Waals surface area contributed by atoms with Crippen LogP contribution in [0.4, 0.5) is 17.5 Å². The summed E-state index contributed by atoms with van der Waals surface area (Å²) in [4.78, 5) is 27.2. The largest absolute Gasteiger partial charge is 0.361 e. The zero-order valence-electron chi connectivity index (χ0n) is 16.1. The molecule has 1 aliphatic rings. The van der Waals surface area contributed by atoms with Crippen molar-refractivity contribution in [2.75, 3.05) is 42.3 Å². The van der Waals surface area contributed by atoms with Gasteiger partial charge in [-0.1, -0.05) is 18.2 Å². The Balaban J connectivity index is 1.53. The second kappa shape index (κ2) is 7.98. The molecule has 0 radical (unpaired) electrons. The fourth-order valence-electron chi connectivity index (χ4n) is 3.29. The van der Waals surface area contributed by atoms with Gasteiger partial charge in [-0.3, -0.25) is 4.79 Å². The number of aromatic nitrogens is 2. The van der Waals surface area contributed by atoms with Crippen molar-refractivity contribution in [1.29, 1.82) is 0 Å². The number of nitrogens with one attached hydrogen (secondary N) is 1. The summed E-state index contributed by atoms with van der Waals surface area (Å²) in [5.74, 6) is 1.26. The van der Waals surface area contributed by atoms with Gasteiger partial charge in [0.15, 0.2) is 5.82 Å². The number of amides is 1. The predicted octanol–water partition coefficient (Wildman–Crippen LogP) is 4.12. The molecule has 28 heavy (non-hydrogen) atoms. The highest BCUT2D eigenvalue weighted by Gasteiger charge is 2.19. The molecule has 144 valence electrons. The lowest BCUT2D eigenvalue weighted by Crippen LogP contribution is -2.23. The van der Waals surface area contributed by atoms with Gasteiger partial charge in [-0.2, -0.15) is 4.98 Å². The van der Waals surface area contributed by atoms with Gasteiger partial charge in [0.2, 0.25) is 5.95 Å². The van der Waals surface area contributed by atoms with Crippen LogP contribution >= 0.6 is 11.3 Å². The quantitative estimate of drug-likeness (QED) is 0.706. The van der Waals surface area contributed by atoms with E-state index in [0.717, 1.165) is 24.6 Å². The summed E-state index contributed by atoms with van der Waals surface area (Å²) in [6, 6.07) is 11.7.